The second-order valence-electron chi connectivity index (χ2n) is 7.73. The van der Waals surface area contributed by atoms with Gasteiger partial charge in [-0.15, -0.1) is 5.10 Å². The zero-order chi connectivity index (χ0) is 25.4. The zero-order valence-corrected chi connectivity index (χ0v) is 21.4. The highest BCUT2D eigenvalue weighted by Crippen LogP contribution is 2.40. The predicted molar refractivity (Wildman–Crippen MR) is 135 cm³/mol. The highest BCUT2D eigenvalue weighted by atomic mass is 79.9. The third-order valence-corrected chi connectivity index (χ3v) is 6.92. The number of hydrogen-bond acceptors (Lipinski definition) is 11. The van der Waals surface area contributed by atoms with Gasteiger partial charge in [-0.3, -0.25) is 4.79 Å². The lowest BCUT2D eigenvalue weighted by Gasteiger charge is -2.19. The molecule has 1 aliphatic rings. The molecule has 1 amide bonds. The predicted octanol–water partition coefficient (Wildman–Crippen LogP) is 2.50. The van der Waals surface area contributed by atoms with Crippen molar-refractivity contribution in [3.8, 4) is 17.3 Å². The van der Waals surface area contributed by atoms with Crippen LogP contribution in [-0.4, -0.2) is 54.2 Å². The van der Waals surface area contributed by atoms with Gasteiger partial charge in [-0.1, -0.05) is 23.4 Å². The minimum atomic E-state index is -0.647. The molecule has 15 heteroatoms. The van der Waals surface area contributed by atoms with Crippen molar-refractivity contribution in [2.75, 3.05) is 17.2 Å². The SMILES string of the molecule is Nc1nonc1-n1nnc(C(=O)NN=Cc2cc(Br)c(O)c(Br)c2O)c1CN1CCc2ccccc21. The number of phenolic OH excluding ortho intramolecular Hbond substituents is 2. The van der Waals surface area contributed by atoms with Gasteiger partial charge in [0.2, 0.25) is 11.6 Å². The number of nitrogens with zero attached hydrogens (tertiary/aromatic N) is 7. The van der Waals surface area contributed by atoms with Crippen molar-refractivity contribution in [3.05, 3.63) is 61.8 Å². The summed E-state index contributed by atoms with van der Waals surface area (Å²) < 4.78 is 6.43. The van der Waals surface area contributed by atoms with Crippen molar-refractivity contribution < 1.29 is 19.6 Å². The molecule has 13 nitrogen and oxygen atoms in total. The summed E-state index contributed by atoms with van der Waals surface area (Å²) in [5, 5.41) is 39.5. The molecule has 0 radical (unpaired) electrons. The van der Waals surface area contributed by atoms with Crippen LogP contribution in [-0.2, 0) is 13.0 Å². The van der Waals surface area contributed by atoms with Gasteiger partial charge in [0.25, 0.3) is 5.91 Å². The number of anilines is 2. The largest absolute Gasteiger partial charge is 0.506 e. The fourth-order valence-electron chi connectivity index (χ4n) is 3.81. The number of amides is 1. The van der Waals surface area contributed by atoms with Crippen molar-refractivity contribution in [1.82, 2.24) is 30.7 Å². The standard InChI is InChI=1S/C21H17Br2N9O4/c22-12-7-11(17(33)15(23)18(12)34)8-25-27-21(35)16-14(32(30-26-16)20-19(24)28-36-29-20)9-31-6-5-10-3-1-2-4-13(10)31/h1-4,7-8,33-34H,5-6,9H2,(H2,24,28)(H,27,35). The molecule has 5 N–H and O–H groups in total. The Balaban J connectivity index is 1.44. The molecule has 0 unspecified atom stereocenters. The number of phenols is 2. The number of aromatic nitrogens is 5. The Morgan fingerprint density at radius 2 is 2.06 bits per heavy atom. The average Bonchev–Trinajstić information content (AvgIpc) is 3.60. The number of halogens is 2. The minimum Gasteiger partial charge on any atom is -0.506 e. The molecule has 0 atom stereocenters. The molecular formula is C21H17Br2N9O4. The Morgan fingerprint density at radius 3 is 2.83 bits per heavy atom. The van der Waals surface area contributed by atoms with Crippen LogP contribution in [0.1, 0.15) is 27.3 Å². The van der Waals surface area contributed by atoms with Gasteiger partial charge in [0.1, 0.15) is 16.0 Å². The number of rotatable bonds is 6. The first-order chi connectivity index (χ1) is 17.3. The number of nitrogens with two attached hydrogens (primary N) is 1. The third-order valence-electron chi connectivity index (χ3n) is 5.57. The second-order valence-corrected chi connectivity index (χ2v) is 9.38. The average molecular weight is 619 g/mol. The molecule has 2 aromatic carbocycles. The molecule has 0 spiro atoms. The van der Waals surface area contributed by atoms with E-state index < -0.39 is 5.91 Å². The van der Waals surface area contributed by atoms with Crippen LogP contribution in [0.15, 0.2) is 49.0 Å². The summed E-state index contributed by atoms with van der Waals surface area (Å²) in [7, 11) is 0. The maximum absolute atomic E-state index is 13.0. The molecule has 5 rings (SSSR count). The highest BCUT2D eigenvalue weighted by molar-refractivity contribution is 9.11. The van der Waals surface area contributed by atoms with Gasteiger partial charge in [-0.25, -0.2) is 10.1 Å². The van der Waals surface area contributed by atoms with Gasteiger partial charge >= 0.3 is 0 Å². The lowest BCUT2D eigenvalue weighted by molar-refractivity contribution is 0.0949. The number of carbonyl (C=O) groups is 1. The van der Waals surface area contributed by atoms with E-state index >= 15 is 0 Å². The monoisotopic (exact) mass is 617 g/mol. The molecule has 184 valence electrons. The van der Waals surface area contributed by atoms with Crippen LogP contribution in [0.2, 0.25) is 0 Å². The number of hydrazone groups is 1. The second kappa shape index (κ2) is 9.58. The van der Waals surface area contributed by atoms with Crippen LogP contribution in [0.5, 0.6) is 11.5 Å². The van der Waals surface area contributed by atoms with Crippen LogP contribution in [0.4, 0.5) is 11.5 Å². The number of hydrogen-bond donors (Lipinski definition) is 4. The molecule has 0 saturated carbocycles. The van der Waals surface area contributed by atoms with Crippen molar-refractivity contribution in [1.29, 1.82) is 0 Å². The highest BCUT2D eigenvalue weighted by Gasteiger charge is 2.28. The summed E-state index contributed by atoms with van der Waals surface area (Å²) in [5.41, 5.74) is 11.1. The van der Waals surface area contributed by atoms with E-state index in [4.69, 9.17) is 10.4 Å². The van der Waals surface area contributed by atoms with Crippen molar-refractivity contribution in [3.63, 3.8) is 0 Å². The zero-order valence-electron chi connectivity index (χ0n) is 18.3. The van der Waals surface area contributed by atoms with Gasteiger partial charge in [-0.05, 0) is 66.3 Å². The van der Waals surface area contributed by atoms with Crippen molar-refractivity contribution >= 4 is 55.5 Å². The van der Waals surface area contributed by atoms with Gasteiger partial charge in [0, 0.05) is 17.8 Å². The Labute approximate surface area is 219 Å². The molecule has 0 aliphatic carbocycles. The summed E-state index contributed by atoms with van der Waals surface area (Å²) >= 11 is 6.28. The topological polar surface area (TPSA) is 181 Å². The molecule has 3 heterocycles. The molecule has 4 aromatic rings. The fraction of sp³-hybridized carbons (Fsp3) is 0.143. The van der Waals surface area contributed by atoms with E-state index in [1.807, 2.05) is 18.2 Å². The van der Waals surface area contributed by atoms with E-state index in [1.165, 1.54) is 22.5 Å². The number of nitrogens with one attached hydrogen (secondary N) is 1. The smallest absolute Gasteiger partial charge is 0.293 e. The van der Waals surface area contributed by atoms with Crippen LogP contribution in [0.3, 0.4) is 0 Å². The first-order valence-electron chi connectivity index (χ1n) is 10.4. The van der Waals surface area contributed by atoms with Gasteiger partial charge in [-0.2, -0.15) is 9.78 Å². The van der Waals surface area contributed by atoms with Crippen molar-refractivity contribution in [2.24, 2.45) is 5.10 Å². The summed E-state index contributed by atoms with van der Waals surface area (Å²) in [6.07, 6.45) is 2.08. The Morgan fingerprint density at radius 1 is 1.25 bits per heavy atom. The normalized spacial score (nSPS) is 12.9. The Bertz CT molecular complexity index is 1500. The molecule has 1 aliphatic heterocycles. The van der Waals surface area contributed by atoms with Gasteiger partial charge < -0.3 is 20.8 Å². The van der Waals surface area contributed by atoms with Crippen LogP contribution in [0.25, 0.3) is 5.82 Å². The van der Waals surface area contributed by atoms with Crippen LogP contribution >= 0.6 is 31.9 Å². The molecular weight excluding hydrogens is 602 g/mol. The van der Waals surface area contributed by atoms with E-state index in [2.05, 4.69) is 74.0 Å². The summed E-state index contributed by atoms with van der Waals surface area (Å²) in [4.78, 5) is 15.1. The number of para-hydroxylation sites is 1. The number of nitrogen functional groups attached to an aromatic ring is 1. The summed E-state index contributed by atoms with van der Waals surface area (Å²) in [6.45, 7) is 1.02. The van der Waals surface area contributed by atoms with Crippen molar-refractivity contribution in [2.45, 2.75) is 13.0 Å². The first-order valence-corrected chi connectivity index (χ1v) is 12.0. The quantitative estimate of drug-likeness (QED) is 0.185. The molecule has 0 bridgehead atoms. The van der Waals surface area contributed by atoms with Crippen LogP contribution in [0, 0.1) is 0 Å². The van der Waals surface area contributed by atoms with Crippen LogP contribution < -0.4 is 16.1 Å². The maximum atomic E-state index is 13.0. The molecule has 0 saturated heterocycles. The van der Waals surface area contributed by atoms with E-state index in [0.717, 1.165) is 18.7 Å². The maximum Gasteiger partial charge on any atom is 0.293 e. The molecule has 36 heavy (non-hydrogen) atoms. The number of aromatic hydroxyl groups is 2. The lowest BCUT2D eigenvalue weighted by atomic mass is 10.2. The molecule has 0 fully saturated rings. The third kappa shape index (κ3) is 4.26. The fourth-order valence-corrected chi connectivity index (χ4v) is 4.96. The Kier molecular flexibility index (Phi) is 6.32. The number of benzene rings is 2. The van der Waals surface area contributed by atoms with E-state index in [1.54, 1.807) is 0 Å². The number of carbonyl (C=O) groups excluding carboxylic acids is 1. The van der Waals surface area contributed by atoms with Gasteiger partial charge in [0.15, 0.2) is 5.69 Å². The van der Waals surface area contributed by atoms with E-state index in [9.17, 15) is 15.0 Å². The Hall–Kier alpha value is -3.98. The number of fused-ring (bicyclic) bond motifs is 1. The molecule has 2 aromatic heterocycles. The van der Waals surface area contributed by atoms with Gasteiger partial charge in [0.05, 0.1) is 22.9 Å². The minimum absolute atomic E-state index is 0.00350. The summed E-state index contributed by atoms with van der Waals surface area (Å²) in [5.74, 6) is -0.961. The summed E-state index contributed by atoms with van der Waals surface area (Å²) in [6, 6.07) is 9.44. The lowest BCUT2D eigenvalue weighted by Crippen LogP contribution is -2.26. The first kappa shape index (κ1) is 23.7. The van der Waals surface area contributed by atoms with E-state index in [-0.39, 0.29) is 45.4 Å². The van der Waals surface area contributed by atoms with E-state index in [0.29, 0.717) is 10.2 Å².